The van der Waals surface area contributed by atoms with Crippen molar-refractivity contribution in [3.8, 4) is 0 Å². The molecule has 3 aromatic rings. The normalized spacial score (nSPS) is 18.8. The summed E-state index contributed by atoms with van der Waals surface area (Å²) in [5.74, 6) is -0.919. The van der Waals surface area contributed by atoms with E-state index in [0.717, 1.165) is 15.8 Å². The zero-order chi connectivity index (χ0) is 20.6. The lowest BCUT2D eigenvalue weighted by Crippen LogP contribution is -2.36. The number of hydrogen-bond donors (Lipinski definition) is 2. The van der Waals surface area contributed by atoms with Crippen LogP contribution in [0.3, 0.4) is 0 Å². The van der Waals surface area contributed by atoms with Gasteiger partial charge in [-0.15, -0.1) is 11.3 Å². The summed E-state index contributed by atoms with van der Waals surface area (Å²) in [4.78, 5) is 13.4. The molecule has 1 aliphatic rings. The maximum absolute atomic E-state index is 13.6. The molecule has 1 amide bonds. The molecule has 4 rings (SSSR count). The van der Waals surface area contributed by atoms with Crippen molar-refractivity contribution in [2.24, 2.45) is 0 Å². The van der Waals surface area contributed by atoms with Crippen LogP contribution < -0.4 is 10.6 Å². The quantitative estimate of drug-likeness (QED) is 0.599. The van der Waals surface area contributed by atoms with E-state index in [-0.39, 0.29) is 24.3 Å². The fourth-order valence-electron chi connectivity index (χ4n) is 3.28. The number of hydrogen-bond acceptors (Lipinski definition) is 4. The van der Waals surface area contributed by atoms with Crippen molar-refractivity contribution >= 4 is 23.1 Å². The summed E-state index contributed by atoms with van der Waals surface area (Å²) in [5, 5.41) is 11.3. The molecule has 152 valence electrons. The summed E-state index contributed by atoms with van der Waals surface area (Å²) in [5.41, 5.74) is 0.695. The highest BCUT2D eigenvalue weighted by molar-refractivity contribution is 7.10. The van der Waals surface area contributed by atoms with Gasteiger partial charge in [0.25, 0.3) is 5.91 Å². The van der Waals surface area contributed by atoms with Crippen LogP contribution in [0.4, 0.5) is 23.4 Å². The Bertz CT molecular complexity index is 998. The van der Waals surface area contributed by atoms with E-state index in [1.807, 2.05) is 0 Å². The summed E-state index contributed by atoms with van der Waals surface area (Å²) in [6.45, 7) is 0.112. The Kier molecular flexibility index (Phi) is 5.03. The van der Waals surface area contributed by atoms with Gasteiger partial charge in [-0.25, -0.2) is 9.07 Å². The van der Waals surface area contributed by atoms with Gasteiger partial charge in [0.2, 0.25) is 0 Å². The highest BCUT2D eigenvalue weighted by Crippen LogP contribution is 2.45. The summed E-state index contributed by atoms with van der Waals surface area (Å²) >= 11 is 1.35. The largest absolute Gasteiger partial charge is 0.410 e. The molecule has 10 heteroatoms. The van der Waals surface area contributed by atoms with Gasteiger partial charge < -0.3 is 10.6 Å². The second-order valence-electron chi connectivity index (χ2n) is 6.67. The van der Waals surface area contributed by atoms with Crippen LogP contribution in [0.15, 0.2) is 48.0 Å². The van der Waals surface area contributed by atoms with Crippen molar-refractivity contribution in [1.29, 1.82) is 0 Å². The van der Waals surface area contributed by atoms with Crippen LogP contribution >= 0.6 is 11.3 Å². The standard InChI is InChI=1S/C19H16F4N4OS/c20-12-5-3-11(4-6-12)9-24-18(28)13-10-25-27-16(19(21,22)23)8-14(26-17(13)27)15-2-1-7-29-15/h1-7,10,14,16,26H,8-9H2,(H,24,28)/t14-,16+/m1/s1. The highest BCUT2D eigenvalue weighted by atomic mass is 32.1. The van der Waals surface area contributed by atoms with E-state index < -0.39 is 30.0 Å². The van der Waals surface area contributed by atoms with Crippen LogP contribution in [0.1, 0.15) is 39.3 Å². The van der Waals surface area contributed by atoms with Crippen molar-refractivity contribution in [2.45, 2.75) is 31.2 Å². The molecule has 2 N–H and O–H groups in total. The summed E-state index contributed by atoms with van der Waals surface area (Å²) in [7, 11) is 0. The molecule has 29 heavy (non-hydrogen) atoms. The van der Waals surface area contributed by atoms with E-state index in [0.29, 0.717) is 5.56 Å². The first-order chi connectivity index (χ1) is 13.8. The molecule has 0 saturated heterocycles. The summed E-state index contributed by atoms with van der Waals surface area (Å²) < 4.78 is 54.7. The third-order valence-electron chi connectivity index (χ3n) is 4.74. The second-order valence-corrected chi connectivity index (χ2v) is 7.65. The molecule has 0 spiro atoms. The lowest BCUT2D eigenvalue weighted by molar-refractivity contribution is -0.173. The summed E-state index contributed by atoms with van der Waals surface area (Å²) in [6.07, 6.45) is -3.58. The van der Waals surface area contributed by atoms with Gasteiger partial charge in [-0.05, 0) is 29.1 Å². The smallest absolute Gasteiger partial charge is 0.362 e. The van der Waals surface area contributed by atoms with Gasteiger partial charge in [-0.3, -0.25) is 4.79 Å². The van der Waals surface area contributed by atoms with Crippen molar-refractivity contribution in [2.75, 3.05) is 5.32 Å². The van der Waals surface area contributed by atoms with E-state index >= 15 is 0 Å². The number of nitrogens with zero attached hydrogens (tertiary/aromatic N) is 2. The predicted octanol–water partition coefficient (Wildman–Crippen LogP) is 4.67. The molecule has 5 nitrogen and oxygen atoms in total. The summed E-state index contributed by atoms with van der Waals surface area (Å²) in [6, 6.07) is 6.71. The lowest BCUT2D eigenvalue weighted by atomic mass is 10.0. The molecule has 0 aliphatic carbocycles. The van der Waals surface area contributed by atoms with Crippen molar-refractivity contribution in [1.82, 2.24) is 15.1 Å². The second kappa shape index (κ2) is 7.51. The molecule has 0 saturated carbocycles. The van der Waals surface area contributed by atoms with Gasteiger partial charge in [-0.2, -0.15) is 18.3 Å². The van der Waals surface area contributed by atoms with Crippen LogP contribution in [0, 0.1) is 5.82 Å². The minimum atomic E-state index is -4.50. The molecule has 2 aromatic heterocycles. The average Bonchev–Trinajstić information content (AvgIpc) is 3.35. The monoisotopic (exact) mass is 424 g/mol. The highest BCUT2D eigenvalue weighted by Gasteiger charge is 2.47. The minimum absolute atomic E-state index is 0.0302. The number of benzene rings is 1. The number of halogens is 4. The zero-order valence-electron chi connectivity index (χ0n) is 14.9. The van der Waals surface area contributed by atoms with Crippen LogP contribution in [-0.2, 0) is 6.54 Å². The average molecular weight is 424 g/mol. The SMILES string of the molecule is O=C(NCc1ccc(F)cc1)c1cnn2c1N[C@@H](c1cccs1)C[C@H]2C(F)(F)F. The Morgan fingerprint density at radius 2 is 2.03 bits per heavy atom. The zero-order valence-corrected chi connectivity index (χ0v) is 15.7. The molecule has 3 heterocycles. The molecule has 1 aliphatic heterocycles. The molecule has 0 radical (unpaired) electrons. The Balaban J connectivity index is 1.59. The molecule has 0 bridgehead atoms. The number of rotatable bonds is 4. The van der Waals surface area contributed by atoms with Crippen LogP contribution in [0.25, 0.3) is 0 Å². The fraction of sp³-hybridized carbons (Fsp3) is 0.263. The van der Waals surface area contributed by atoms with E-state index in [4.69, 9.17) is 0 Å². The number of anilines is 1. The number of fused-ring (bicyclic) bond motifs is 1. The molecule has 0 fully saturated rings. The lowest BCUT2D eigenvalue weighted by Gasteiger charge is -2.33. The van der Waals surface area contributed by atoms with Gasteiger partial charge in [0, 0.05) is 17.8 Å². The topological polar surface area (TPSA) is 59.0 Å². The van der Waals surface area contributed by atoms with Crippen LogP contribution in [0.2, 0.25) is 0 Å². The van der Waals surface area contributed by atoms with Gasteiger partial charge >= 0.3 is 6.18 Å². The van der Waals surface area contributed by atoms with Crippen LogP contribution in [-0.4, -0.2) is 21.9 Å². The third-order valence-corrected chi connectivity index (χ3v) is 5.72. The number of aromatic nitrogens is 2. The Morgan fingerprint density at radius 3 is 2.69 bits per heavy atom. The molecule has 1 aromatic carbocycles. The predicted molar refractivity (Wildman–Crippen MR) is 100 cm³/mol. The van der Waals surface area contributed by atoms with Crippen molar-refractivity contribution < 1.29 is 22.4 Å². The van der Waals surface area contributed by atoms with Gasteiger partial charge in [0.05, 0.1) is 12.2 Å². The maximum atomic E-state index is 13.6. The number of carbonyl (C=O) groups is 1. The number of nitrogens with one attached hydrogen (secondary N) is 2. The Hall–Kier alpha value is -2.88. The molecular weight excluding hydrogens is 408 g/mol. The molecular formula is C19H16F4N4OS. The maximum Gasteiger partial charge on any atom is 0.410 e. The van der Waals surface area contributed by atoms with Crippen molar-refractivity contribution in [3.63, 3.8) is 0 Å². The first-order valence-electron chi connectivity index (χ1n) is 8.79. The number of amides is 1. The molecule has 0 unspecified atom stereocenters. The van der Waals surface area contributed by atoms with E-state index in [9.17, 15) is 22.4 Å². The number of thiophene rings is 1. The number of alkyl halides is 3. The third kappa shape index (κ3) is 3.98. The van der Waals surface area contributed by atoms with Gasteiger partial charge in [0.15, 0.2) is 6.04 Å². The first-order valence-corrected chi connectivity index (χ1v) is 9.67. The number of carbonyl (C=O) groups excluding carboxylic acids is 1. The van der Waals surface area contributed by atoms with E-state index in [1.54, 1.807) is 17.5 Å². The minimum Gasteiger partial charge on any atom is -0.362 e. The van der Waals surface area contributed by atoms with Crippen LogP contribution in [0.5, 0.6) is 0 Å². The Labute approximate surface area is 167 Å². The van der Waals surface area contributed by atoms with Gasteiger partial charge in [0.1, 0.15) is 17.2 Å². The van der Waals surface area contributed by atoms with E-state index in [1.165, 1.54) is 35.6 Å². The van der Waals surface area contributed by atoms with Crippen molar-refractivity contribution in [3.05, 3.63) is 69.8 Å². The first kappa shape index (κ1) is 19.4. The molecule has 2 atom stereocenters. The van der Waals surface area contributed by atoms with E-state index in [2.05, 4.69) is 15.7 Å². The fourth-order valence-corrected chi connectivity index (χ4v) is 4.08. The Morgan fingerprint density at radius 1 is 1.28 bits per heavy atom. The van der Waals surface area contributed by atoms with Gasteiger partial charge in [-0.1, -0.05) is 18.2 Å².